The van der Waals surface area contributed by atoms with Gasteiger partial charge in [-0.1, -0.05) is 0 Å². The summed E-state index contributed by atoms with van der Waals surface area (Å²) in [4.78, 5) is 21.1. The van der Waals surface area contributed by atoms with Crippen molar-refractivity contribution in [2.24, 2.45) is 0 Å². The van der Waals surface area contributed by atoms with Gasteiger partial charge < -0.3 is 14.6 Å². The lowest BCUT2D eigenvalue weighted by Crippen LogP contribution is -2.42. The minimum atomic E-state index is -0.833. The number of ether oxygens (including phenoxy) is 2. The summed E-state index contributed by atoms with van der Waals surface area (Å²) in [6.07, 6.45) is 1.07. The normalized spacial score (nSPS) is 20.8. The van der Waals surface area contributed by atoms with Gasteiger partial charge in [-0.05, 0) is 13.3 Å². The molecule has 1 fully saturated rings. The van der Waals surface area contributed by atoms with Crippen molar-refractivity contribution in [2.45, 2.75) is 32.0 Å². The summed E-state index contributed by atoms with van der Waals surface area (Å²) in [5.41, 5.74) is 0. The van der Waals surface area contributed by atoms with Crippen LogP contribution in [0.15, 0.2) is 0 Å². The Balaban J connectivity index is 2.28. The number of carbonyl (C=O) groups is 2. The number of hydrogen-bond donors (Lipinski definition) is 1. The second-order valence-electron chi connectivity index (χ2n) is 3.50. The lowest BCUT2D eigenvalue weighted by atomic mass is 10.1. The molecule has 5 nitrogen and oxygen atoms in total. The third-order valence-electron chi connectivity index (χ3n) is 2.10. The smallest absolute Gasteiger partial charge is 0.303 e. The Labute approximate surface area is 82.0 Å². The van der Waals surface area contributed by atoms with Crippen LogP contribution in [0.1, 0.15) is 26.2 Å². The van der Waals surface area contributed by atoms with Crippen molar-refractivity contribution in [3.05, 3.63) is 0 Å². The minimum Gasteiger partial charge on any atom is -0.481 e. The molecule has 0 bridgehead atoms. The van der Waals surface area contributed by atoms with Crippen LogP contribution in [0.4, 0.5) is 0 Å². The van der Waals surface area contributed by atoms with Crippen LogP contribution < -0.4 is 0 Å². The molecular weight excluding hydrogens is 188 g/mol. The molecular formula is C9H14O5. The van der Waals surface area contributed by atoms with E-state index in [9.17, 15) is 9.59 Å². The molecule has 1 N–H and O–H groups in total. The van der Waals surface area contributed by atoms with E-state index in [1.807, 2.05) is 0 Å². The summed E-state index contributed by atoms with van der Waals surface area (Å²) in [5, 5.41) is 8.43. The Morgan fingerprint density at radius 1 is 1.50 bits per heavy atom. The van der Waals surface area contributed by atoms with E-state index >= 15 is 0 Å². The highest BCUT2D eigenvalue weighted by Gasteiger charge is 2.31. The van der Waals surface area contributed by atoms with E-state index < -0.39 is 11.8 Å². The first-order valence-corrected chi connectivity index (χ1v) is 4.53. The molecule has 1 aliphatic heterocycles. The summed E-state index contributed by atoms with van der Waals surface area (Å²) in [6, 6.07) is 0. The zero-order valence-electron chi connectivity index (χ0n) is 8.12. The second kappa shape index (κ2) is 4.52. The van der Waals surface area contributed by atoms with Crippen molar-refractivity contribution in [3.63, 3.8) is 0 Å². The zero-order chi connectivity index (χ0) is 10.6. The third-order valence-corrected chi connectivity index (χ3v) is 2.10. The van der Waals surface area contributed by atoms with E-state index in [1.54, 1.807) is 6.92 Å². The molecule has 0 unspecified atom stereocenters. The van der Waals surface area contributed by atoms with Gasteiger partial charge in [-0.25, -0.2) is 0 Å². The van der Waals surface area contributed by atoms with E-state index in [4.69, 9.17) is 14.6 Å². The predicted octanol–water partition coefficient (Wildman–Crippen LogP) is 0.573. The summed E-state index contributed by atoms with van der Waals surface area (Å²) in [5.74, 6) is -1.70. The van der Waals surface area contributed by atoms with Crippen molar-refractivity contribution in [1.29, 1.82) is 0 Å². The third kappa shape index (κ3) is 3.43. The predicted molar refractivity (Wildman–Crippen MR) is 46.8 cm³/mol. The molecule has 0 aromatic heterocycles. The fourth-order valence-electron chi connectivity index (χ4n) is 1.25. The van der Waals surface area contributed by atoms with Crippen molar-refractivity contribution >= 4 is 11.8 Å². The van der Waals surface area contributed by atoms with Gasteiger partial charge in [0.15, 0.2) is 11.6 Å². The van der Waals surface area contributed by atoms with Crippen LogP contribution in [-0.4, -0.2) is 35.9 Å². The number of rotatable bonds is 4. The highest BCUT2D eigenvalue weighted by atomic mass is 16.7. The van der Waals surface area contributed by atoms with Gasteiger partial charge in [-0.3, -0.25) is 9.59 Å². The topological polar surface area (TPSA) is 72.8 Å². The van der Waals surface area contributed by atoms with E-state index in [0.29, 0.717) is 12.8 Å². The SMILES string of the molecule is CC1(CCCC(=O)O)OCC(=O)CO1. The fourth-order valence-corrected chi connectivity index (χ4v) is 1.25. The lowest BCUT2D eigenvalue weighted by Gasteiger charge is -2.33. The van der Waals surface area contributed by atoms with Crippen LogP contribution >= 0.6 is 0 Å². The number of carboxylic acids is 1. The number of carbonyl (C=O) groups excluding carboxylic acids is 1. The van der Waals surface area contributed by atoms with Crippen LogP contribution in [-0.2, 0) is 19.1 Å². The number of aliphatic carboxylic acids is 1. The molecule has 1 heterocycles. The molecule has 1 rings (SSSR count). The summed E-state index contributed by atoms with van der Waals surface area (Å²) in [6.45, 7) is 1.84. The maximum Gasteiger partial charge on any atom is 0.303 e. The maximum absolute atomic E-state index is 10.8. The Hall–Kier alpha value is -0.940. The van der Waals surface area contributed by atoms with E-state index in [1.165, 1.54) is 0 Å². The van der Waals surface area contributed by atoms with Gasteiger partial charge in [0.1, 0.15) is 13.2 Å². The molecule has 0 amide bonds. The molecule has 14 heavy (non-hydrogen) atoms. The first-order chi connectivity index (χ1) is 6.52. The molecule has 0 spiro atoms. The summed E-state index contributed by atoms with van der Waals surface area (Å²) in [7, 11) is 0. The van der Waals surface area contributed by atoms with E-state index in [0.717, 1.165) is 0 Å². The number of hydrogen-bond acceptors (Lipinski definition) is 4. The molecule has 80 valence electrons. The number of ketones is 1. The highest BCUT2D eigenvalue weighted by molar-refractivity contribution is 5.81. The Morgan fingerprint density at radius 2 is 2.07 bits per heavy atom. The molecule has 1 saturated heterocycles. The zero-order valence-corrected chi connectivity index (χ0v) is 8.12. The van der Waals surface area contributed by atoms with Crippen molar-refractivity contribution in [3.8, 4) is 0 Å². The Kier molecular flexibility index (Phi) is 3.60. The Morgan fingerprint density at radius 3 is 2.57 bits per heavy atom. The van der Waals surface area contributed by atoms with E-state index in [2.05, 4.69) is 0 Å². The lowest BCUT2D eigenvalue weighted by molar-refractivity contribution is -0.248. The molecule has 0 atom stereocenters. The quantitative estimate of drug-likeness (QED) is 0.721. The van der Waals surface area contributed by atoms with Gasteiger partial charge in [0.25, 0.3) is 0 Å². The minimum absolute atomic E-state index is 0.0591. The van der Waals surface area contributed by atoms with Crippen molar-refractivity contribution in [2.75, 3.05) is 13.2 Å². The highest BCUT2D eigenvalue weighted by Crippen LogP contribution is 2.23. The molecule has 1 aliphatic rings. The number of carboxylic acid groups (broad SMARTS) is 1. The van der Waals surface area contributed by atoms with E-state index in [-0.39, 0.29) is 25.4 Å². The first kappa shape index (κ1) is 11.1. The van der Waals surface area contributed by atoms with Gasteiger partial charge in [0.05, 0.1) is 0 Å². The van der Waals surface area contributed by atoms with Crippen LogP contribution in [0.25, 0.3) is 0 Å². The molecule has 0 aliphatic carbocycles. The first-order valence-electron chi connectivity index (χ1n) is 4.53. The molecule has 5 heteroatoms. The second-order valence-corrected chi connectivity index (χ2v) is 3.50. The molecule has 0 aromatic carbocycles. The fraction of sp³-hybridized carbons (Fsp3) is 0.778. The largest absolute Gasteiger partial charge is 0.481 e. The average Bonchev–Trinajstić information content (AvgIpc) is 2.10. The van der Waals surface area contributed by atoms with Crippen molar-refractivity contribution in [1.82, 2.24) is 0 Å². The molecule has 0 saturated carbocycles. The Bertz CT molecular complexity index is 225. The average molecular weight is 202 g/mol. The van der Waals surface area contributed by atoms with Gasteiger partial charge in [0.2, 0.25) is 0 Å². The van der Waals surface area contributed by atoms with Crippen LogP contribution in [0, 0.1) is 0 Å². The molecule has 0 radical (unpaired) electrons. The van der Waals surface area contributed by atoms with Crippen LogP contribution in [0.3, 0.4) is 0 Å². The van der Waals surface area contributed by atoms with Crippen molar-refractivity contribution < 1.29 is 24.2 Å². The maximum atomic E-state index is 10.8. The van der Waals surface area contributed by atoms with Gasteiger partial charge in [-0.2, -0.15) is 0 Å². The monoisotopic (exact) mass is 202 g/mol. The summed E-state index contributed by atoms with van der Waals surface area (Å²) < 4.78 is 10.4. The standard InChI is InChI=1S/C9H14O5/c1-9(4-2-3-8(11)12)13-5-7(10)6-14-9/h2-6H2,1H3,(H,11,12). The number of Topliss-reactive ketones (excluding diaryl/α,β-unsaturated/α-hetero) is 1. The van der Waals surface area contributed by atoms with Gasteiger partial charge >= 0.3 is 5.97 Å². The molecule has 0 aromatic rings. The summed E-state index contributed by atoms with van der Waals surface area (Å²) >= 11 is 0. The van der Waals surface area contributed by atoms with Crippen LogP contribution in [0.2, 0.25) is 0 Å². The van der Waals surface area contributed by atoms with Gasteiger partial charge in [0, 0.05) is 12.8 Å². The van der Waals surface area contributed by atoms with Crippen LogP contribution in [0.5, 0.6) is 0 Å². The van der Waals surface area contributed by atoms with Gasteiger partial charge in [-0.15, -0.1) is 0 Å².